The predicted molar refractivity (Wildman–Crippen MR) is 64.6 cm³/mol. The van der Waals surface area contributed by atoms with Gasteiger partial charge in [-0.1, -0.05) is 0 Å². The van der Waals surface area contributed by atoms with Gasteiger partial charge in [-0.3, -0.25) is 0 Å². The van der Waals surface area contributed by atoms with E-state index in [1.54, 1.807) is 0 Å². The van der Waals surface area contributed by atoms with Crippen molar-refractivity contribution in [3.63, 3.8) is 0 Å². The zero-order valence-electron chi connectivity index (χ0n) is 10.3. The molecule has 2 heterocycles. The number of sulfone groups is 1. The van der Waals surface area contributed by atoms with E-state index in [0.717, 1.165) is 6.42 Å². The van der Waals surface area contributed by atoms with E-state index in [9.17, 15) is 13.5 Å². The van der Waals surface area contributed by atoms with E-state index in [0.29, 0.717) is 31.9 Å². The van der Waals surface area contributed by atoms with Crippen LogP contribution in [0.15, 0.2) is 0 Å². The maximum absolute atomic E-state index is 11.4. The van der Waals surface area contributed by atoms with Crippen LogP contribution in [0.4, 0.5) is 0 Å². The summed E-state index contributed by atoms with van der Waals surface area (Å²) < 4.78 is 28.2. The molecule has 2 saturated heterocycles. The van der Waals surface area contributed by atoms with E-state index >= 15 is 0 Å². The molecule has 1 N–H and O–H groups in total. The highest BCUT2D eigenvalue weighted by Gasteiger charge is 2.39. The van der Waals surface area contributed by atoms with Gasteiger partial charge in [-0.15, -0.1) is 0 Å². The highest BCUT2D eigenvalue weighted by molar-refractivity contribution is 7.91. The van der Waals surface area contributed by atoms with Crippen LogP contribution in [-0.2, 0) is 14.6 Å². The van der Waals surface area contributed by atoms with Crippen LogP contribution in [0.3, 0.4) is 0 Å². The zero-order valence-corrected chi connectivity index (χ0v) is 11.1. The normalized spacial score (nSPS) is 36.8. The highest BCUT2D eigenvalue weighted by atomic mass is 32.2. The number of hydrogen-bond acceptors (Lipinski definition) is 5. The molecule has 0 bridgehead atoms. The van der Waals surface area contributed by atoms with Gasteiger partial charge >= 0.3 is 0 Å². The number of rotatable bonds is 4. The summed E-state index contributed by atoms with van der Waals surface area (Å²) in [6.07, 6.45) is 1.56. The summed E-state index contributed by atoms with van der Waals surface area (Å²) in [7, 11) is -0.890. The molecular formula is C11H21NO4S. The number of ether oxygens (including phenoxy) is 1. The van der Waals surface area contributed by atoms with Crippen molar-refractivity contribution in [3.8, 4) is 0 Å². The minimum atomic E-state index is -2.84. The number of hydrogen-bond donors (Lipinski definition) is 1. The maximum Gasteiger partial charge on any atom is 0.151 e. The molecule has 17 heavy (non-hydrogen) atoms. The van der Waals surface area contributed by atoms with Gasteiger partial charge in [0.25, 0.3) is 0 Å². The molecule has 0 aromatic rings. The smallest absolute Gasteiger partial charge is 0.151 e. The molecular weight excluding hydrogens is 242 g/mol. The SMILES string of the molecule is CN(CC1(CO)CCOC1)C1CCS(=O)(=O)C1. The van der Waals surface area contributed by atoms with Gasteiger partial charge in [0.1, 0.15) is 0 Å². The molecule has 0 amide bonds. The summed E-state index contributed by atoms with van der Waals surface area (Å²) in [5.41, 5.74) is -0.193. The van der Waals surface area contributed by atoms with E-state index in [1.807, 2.05) is 7.05 Å². The molecule has 2 aliphatic rings. The second kappa shape index (κ2) is 4.84. The van der Waals surface area contributed by atoms with Crippen LogP contribution in [0, 0.1) is 5.41 Å². The summed E-state index contributed by atoms with van der Waals surface area (Å²) in [5.74, 6) is 0.552. The van der Waals surface area contributed by atoms with Crippen LogP contribution in [0.5, 0.6) is 0 Å². The molecule has 0 aliphatic carbocycles. The van der Waals surface area contributed by atoms with Crippen molar-refractivity contribution < 1.29 is 18.3 Å². The minimum absolute atomic E-state index is 0.101. The molecule has 2 rings (SSSR count). The summed E-state index contributed by atoms with van der Waals surface area (Å²) in [6.45, 7) is 2.09. The molecule has 100 valence electrons. The van der Waals surface area contributed by atoms with Gasteiger partial charge in [-0.25, -0.2) is 8.42 Å². The molecule has 2 atom stereocenters. The minimum Gasteiger partial charge on any atom is -0.396 e. The summed E-state index contributed by atoms with van der Waals surface area (Å²) in [5, 5.41) is 9.49. The van der Waals surface area contributed by atoms with E-state index in [1.165, 1.54) is 0 Å². The molecule has 0 aromatic heterocycles. The molecule has 0 radical (unpaired) electrons. The monoisotopic (exact) mass is 263 g/mol. The Morgan fingerprint density at radius 3 is 2.76 bits per heavy atom. The van der Waals surface area contributed by atoms with Crippen LogP contribution in [0.1, 0.15) is 12.8 Å². The summed E-state index contributed by atoms with van der Waals surface area (Å²) >= 11 is 0. The first-order valence-electron chi connectivity index (χ1n) is 6.06. The average molecular weight is 263 g/mol. The maximum atomic E-state index is 11.4. The first kappa shape index (κ1) is 13.3. The van der Waals surface area contributed by atoms with Crippen LogP contribution in [0.2, 0.25) is 0 Å². The molecule has 2 fully saturated rings. The second-order valence-electron chi connectivity index (χ2n) is 5.43. The lowest BCUT2D eigenvalue weighted by atomic mass is 9.87. The van der Waals surface area contributed by atoms with Crippen LogP contribution in [0.25, 0.3) is 0 Å². The Morgan fingerprint density at radius 2 is 2.29 bits per heavy atom. The lowest BCUT2D eigenvalue weighted by Crippen LogP contribution is -2.44. The molecule has 0 saturated carbocycles. The fraction of sp³-hybridized carbons (Fsp3) is 1.00. The van der Waals surface area contributed by atoms with Gasteiger partial charge in [-0.2, -0.15) is 0 Å². The molecule has 0 spiro atoms. The fourth-order valence-corrected chi connectivity index (χ4v) is 4.54. The molecule has 5 nitrogen and oxygen atoms in total. The topological polar surface area (TPSA) is 66.8 Å². The fourth-order valence-electron chi connectivity index (χ4n) is 2.73. The van der Waals surface area contributed by atoms with Crippen molar-refractivity contribution in [1.29, 1.82) is 0 Å². The van der Waals surface area contributed by atoms with Gasteiger partial charge in [-0.05, 0) is 19.9 Å². The van der Waals surface area contributed by atoms with E-state index < -0.39 is 9.84 Å². The average Bonchev–Trinajstić information content (AvgIpc) is 2.86. The van der Waals surface area contributed by atoms with E-state index in [4.69, 9.17) is 4.74 Å². The second-order valence-corrected chi connectivity index (χ2v) is 7.66. The number of aliphatic hydroxyl groups is 1. The Bertz CT molecular complexity index is 362. The standard InChI is InChI=1S/C11H21NO4S/c1-12(10-2-5-17(14,15)6-10)7-11(8-13)3-4-16-9-11/h10,13H,2-9H2,1H3. The largest absolute Gasteiger partial charge is 0.396 e. The van der Waals surface area contributed by atoms with Crippen molar-refractivity contribution in [3.05, 3.63) is 0 Å². The molecule has 2 unspecified atom stereocenters. The van der Waals surface area contributed by atoms with Gasteiger partial charge in [0, 0.05) is 24.6 Å². The van der Waals surface area contributed by atoms with Crippen molar-refractivity contribution in [1.82, 2.24) is 4.90 Å². The first-order valence-corrected chi connectivity index (χ1v) is 7.88. The Morgan fingerprint density at radius 1 is 1.53 bits per heavy atom. The zero-order chi connectivity index (χ0) is 12.5. The number of nitrogens with zero attached hydrogens (tertiary/aromatic N) is 1. The van der Waals surface area contributed by atoms with Crippen molar-refractivity contribution in [2.45, 2.75) is 18.9 Å². The third-order valence-electron chi connectivity index (χ3n) is 3.94. The van der Waals surface area contributed by atoms with Gasteiger partial charge in [0.2, 0.25) is 0 Å². The van der Waals surface area contributed by atoms with Crippen LogP contribution < -0.4 is 0 Å². The van der Waals surface area contributed by atoms with E-state index in [2.05, 4.69) is 4.90 Å². The molecule has 6 heteroatoms. The van der Waals surface area contributed by atoms with Crippen LogP contribution >= 0.6 is 0 Å². The highest BCUT2D eigenvalue weighted by Crippen LogP contribution is 2.30. The Kier molecular flexibility index (Phi) is 3.77. The summed E-state index contributed by atoms with van der Waals surface area (Å²) in [4.78, 5) is 2.08. The van der Waals surface area contributed by atoms with Gasteiger partial charge < -0.3 is 14.7 Å². The number of aliphatic hydroxyl groups excluding tert-OH is 1. The first-order chi connectivity index (χ1) is 7.96. The molecule has 0 aromatic carbocycles. The quantitative estimate of drug-likeness (QED) is 0.741. The van der Waals surface area contributed by atoms with Crippen LogP contribution in [-0.4, -0.2) is 69.4 Å². The van der Waals surface area contributed by atoms with Crippen molar-refractivity contribution in [2.75, 3.05) is 44.9 Å². The predicted octanol–water partition coefficient (Wildman–Crippen LogP) is -0.496. The van der Waals surface area contributed by atoms with Crippen molar-refractivity contribution in [2.24, 2.45) is 5.41 Å². The lowest BCUT2D eigenvalue weighted by Gasteiger charge is -2.33. The van der Waals surface area contributed by atoms with Crippen molar-refractivity contribution >= 4 is 9.84 Å². The molecule has 2 aliphatic heterocycles. The Labute approximate surface area is 103 Å². The summed E-state index contributed by atoms with van der Waals surface area (Å²) in [6, 6.07) is 0.101. The van der Waals surface area contributed by atoms with Gasteiger partial charge in [0.05, 0.1) is 24.7 Å². The van der Waals surface area contributed by atoms with Gasteiger partial charge in [0.15, 0.2) is 9.84 Å². The lowest BCUT2D eigenvalue weighted by molar-refractivity contribution is 0.0549. The Hall–Kier alpha value is -0.170. The third kappa shape index (κ3) is 2.99. The third-order valence-corrected chi connectivity index (χ3v) is 5.69. The Balaban J connectivity index is 1.95. The van der Waals surface area contributed by atoms with E-state index in [-0.39, 0.29) is 23.8 Å².